The molecule has 2 aromatic rings. The summed E-state index contributed by atoms with van der Waals surface area (Å²) in [5.41, 5.74) is 2.66. The number of rotatable bonds is 4. The maximum atomic E-state index is 3.15. The molecule has 0 aliphatic rings. The van der Waals surface area contributed by atoms with Crippen molar-refractivity contribution in [1.82, 2.24) is 9.88 Å². The van der Waals surface area contributed by atoms with Gasteiger partial charge in [0, 0.05) is 25.5 Å². The normalized spacial score (nSPS) is 10.5. The first kappa shape index (κ1) is 9.99. The monoisotopic (exact) mass is 200 g/mol. The van der Waals surface area contributed by atoms with Crippen molar-refractivity contribution in [2.45, 2.75) is 13.1 Å². The van der Waals surface area contributed by atoms with Gasteiger partial charge in [-0.2, -0.15) is 0 Å². The third-order valence-corrected chi connectivity index (χ3v) is 2.40. The molecule has 0 spiro atoms. The Bertz CT molecular complexity index is 403. The summed E-state index contributed by atoms with van der Waals surface area (Å²) in [6.45, 7) is 1.88. The number of hydrogen-bond donors (Lipinski definition) is 1. The molecule has 0 aliphatic carbocycles. The minimum Gasteiger partial charge on any atom is -0.350 e. The zero-order chi connectivity index (χ0) is 10.5. The van der Waals surface area contributed by atoms with E-state index in [9.17, 15) is 0 Å². The first-order chi connectivity index (χ1) is 7.38. The number of aromatic nitrogens is 1. The van der Waals surface area contributed by atoms with Crippen LogP contribution in [0.3, 0.4) is 0 Å². The Morgan fingerprint density at radius 2 is 1.87 bits per heavy atom. The molecule has 1 N–H and O–H groups in total. The number of nitrogens with one attached hydrogen (secondary N) is 1. The molecule has 0 unspecified atom stereocenters. The van der Waals surface area contributed by atoms with Crippen LogP contribution in [0.2, 0.25) is 0 Å². The van der Waals surface area contributed by atoms with E-state index >= 15 is 0 Å². The first-order valence-electron chi connectivity index (χ1n) is 5.21. The second kappa shape index (κ2) is 4.80. The van der Waals surface area contributed by atoms with E-state index in [0.29, 0.717) is 0 Å². The molecular formula is C13H16N2. The fraction of sp³-hybridized carbons (Fsp3) is 0.231. The highest BCUT2D eigenvalue weighted by atomic mass is 14.9. The Hall–Kier alpha value is -1.54. The molecule has 0 bridgehead atoms. The molecule has 0 aliphatic heterocycles. The van der Waals surface area contributed by atoms with Gasteiger partial charge in [0.2, 0.25) is 0 Å². The van der Waals surface area contributed by atoms with Crippen LogP contribution < -0.4 is 5.32 Å². The second-order valence-electron chi connectivity index (χ2n) is 3.71. The zero-order valence-corrected chi connectivity index (χ0v) is 8.98. The van der Waals surface area contributed by atoms with Gasteiger partial charge in [-0.15, -0.1) is 0 Å². The van der Waals surface area contributed by atoms with Crippen molar-refractivity contribution in [3.63, 3.8) is 0 Å². The van der Waals surface area contributed by atoms with E-state index in [1.165, 1.54) is 11.1 Å². The molecule has 1 heterocycles. The minimum atomic E-state index is 0.932. The fourth-order valence-corrected chi connectivity index (χ4v) is 1.69. The first-order valence-corrected chi connectivity index (χ1v) is 5.21. The molecule has 2 heteroatoms. The van der Waals surface area contributed by atoms with Crippen molar-refractivity contribution in [3.8, 4) is 0 Å². The van der Waals surface area contributed by atoms with E-state index in [-0.39, 0.29) is 0 Å². The van der Waals surface area contributed by atoms with Gasteiger partial charge in [-0.3, -0.25) is 0 Å². The van der Waals surface area contributed by atoms with Gasteiger partial charge in [-0.05, 0) is 24.2 Å². The summed E-state index contributed by atoms with van der Waals surface area (Å²) in [5, 5.41) is 3.15. The van der Waals surface area contributed by atoms with E-state index in [1.807, 2.05) is 13.1 Å². The SMILES string of the molecule is CNCc1ccn(Cc2ccccc2)c1. The third kappa shape index (κ3) is 2.70. The van der Waals surface area contributed by atoms with E-state index in [0.717, 1.165) is 13.1 Å². The van der Waals surface area contributed by atoms with Crippen molar-refractivity contribution in [2.24, 2.45) is 0 Å². The maximum absolute atomic E-state index is 3.15. The number of benzene rings is 1. The lowest BCUT2D eigenvalue weighted by molar-refractivity contribution is 0.783. The molecule has 0 saturated carbocycles. The van der Waals surface area contributed by atoms with Gasteiger partial charge in [0.15, 0.2) is 0 Å². The molecular weight excluding hydrogens is 184 g/mol. The van der Waals surface area contributed by atoms with E-state index < -0.39 is 0 Å². The van der Waals surface area contributed by atoms with Gasteiger partial charge in [-0.1, -0.05) is 30.3 Å². The van der Waals surface area contributed by atoms with Gasteiger partial charge in [0.05, 0.1) is 0 Å². The lowest BCUT2D eigenvalue weighted by Gasteiger charge is -2.02. The van der Waals surface area contributed by atoms with E-state index in [4.69, 9.17) is 0 Å². The standard InChI is InChI=1S/C13H16N2/c1-14-9-13-7-8-15(11-13)10-12-5-3-2-4-6-12/h2-8,11,14H,9-10H2,1H3. The predicted octanol–water partition coefficient (Wildman–Crippen LogP) is 2.26. The Kier molecular flexibility index (Phi) is 3.20. The van der Waals surface area contributed by atoms with Crippen molar-refractivity contribution < 1.29 is 0 Å². The Labute approximate surface area is 90.6 Å². The number of nitrogens with zero attached hydrogens (tertiary/aromatic N) is 1. The highest BCUT2D eigenvalue weighted by molar-refractivity contribution is 5.17. The maximum Gasteiger partial charge on any atom is 0.0470 e. The van der Waals surface area contributed by atoms with Crippen LogP contribution in [0.15, 0.2) is 48.8 Å². The smallest absolute Gasteiger partial charge is 0.0470 e. The van der Waals surface area contributed by atoms with E-state index in [1.54, 1.807) is 0 Å². The van der Waals surface area contributed by atoms with E-state index in [2.05, 4.69) is 52.6 Å². The Balaban J connectivity index is 2.05. The molecule has 2 nitrogen and oxygen atoms in total. The predicted molar refractivity (Wildman–Crippen MR) is 62.7 cm³/mol. The quantitative estimate of drug-likeness (QED) is 0.801. The highest BCUT2D eigenvalue weighted by Gasteiger charge is 1.96. The molecule has 0 atom stereocenters. The third-order valence-electron chi connectivity index (χ3n) is 2.40. The van der Waals surface area contributed by atoms with Gasteiger partial charge in [0.25, 0.3) is 0 Å². The summed E-state index contributed by atoms with van der Waals surface area (Å²) in [5.74, 6) is 0. The second-order valence-corrected chi connectivity index (χ2v) is 3.71. The molecule has 2 rings (SSSR count). The summed E-state index contributed by atoms with van der Waals surface area (Å²) in [6, 6.07) is 12.7. The van der Waals surface area contributed by atoms with Crippen LogP contribution in [-0.4, -0.2) is 11.6 Å². The largest absolute Gasteiger partial charge is 0.350 e. The molecule has 0 fully saturated rings. The summed E-state index contributed by atoms with van der Waals surface area (Å²) < 4.78 is 2.21. The number of hydrogen-bond acceptors (Lipinski definition) is 1. The molecule has 1 aromatic heterocycles. The average molecular weight is 200 g/mol. The van der Waals surface area contributed by atoms with Crippen LogP contribution in [0.25, 0.3) is 0 Å². The van der Waals surface area contributed by atoms with Crippen molar-refractivity contribution in [3.05, 3.63) is 59.9 Å². The van der Waals surface area contributed by atoms with Crippen molar-refractivity contribution in [1.29, 1.82) is 0 Å². The Morgan fingerprint density at radius 1 is 1.07 bits per heavy atom. The van der Waals surface area contributed by atoms with Crippen LogP contribution in [0, 0.1) is 0 Å². The molecule has 15 heavy (non-hydrogen) atoms. The average Bonchev–Trinajstić information content (AvgIpc) is 2.68. The molecule has 0 saturated heterocycles. The molecule has 0 radical (unpaired) electrons. The minimum absolute atomic E-state index is 0.932. The molecule has 78 valence electrons. The van der Waals surface area contributed by atoms with Gasteiger partial charge >= 0.3 is 0 Å². The summed E-state index contributed by atoms with van der Waals surface area (Å²) in [7, 11) is 1.97. The summed E-state index contributed by atoms with van der Waals surface area (Å²) >= 11 is 0. The van der Waals surface area contributed by atoms with Crippen LogP contribution in [0.5, 0.6) is 0 Å². The highest BCUT2D eigenvalue weighted by Crippen LogP contribution is 2.05. The Morgan fingerprint density at radius 3 is 2.60 bits per heavy atom. The summed E-state index contributed by atoms with van der Waals surface area (Å²) in [6.07, 6.45) is 4.31. The van der Waals surface area contributed by atoms with Crippen molar-refractivity contribution in [2.75, 3.05) is 7.05 Å². The summed E-state index contributed by atoms with van der Waals surface area (Å²) in [4.78, 5) is 0. The molecule has 1 aromatic carbocycles. The van der Waals surface area contributed by atoms with Crippen molar-refractivity contribution >= 4 is 0 Å². The lowest BCUT2D eigenvalue weighted by atomic mass is 10.2. The van der Waals surface area contributed by atoms with Gasteiger partial charge in [0.1, 0.15) is 0 Å². The van der Waals surface area contributed by atoms with Gasteiger partial charge in [-0.25, -0.2) is 0 Å². The van der Waals surface area contributed by atoms with Gasteiger partial charge < -0.3 is 9.88 Å². The fourth-order valence-electron chi connectivity index (χ4n) is 1.69. The topological polar surface area (TPSA) is 17.0 Å². The van der Waals surface area contributed by atoms with Crippen LogP contribution >= 0.6 is 0 Å². The lowest BCUT2D eigenvalue weighted by Crippen LogP contribution is -2.04. The molecule has 0 amide bonds. The zero-order valence-electron chi connectivity index (χ0n) is 8.98. The van der Waals surface area contributed by atoms with Crippen LogP contribution in [0.4, 0.5) is 0 Å². The van der Waals surface area contributed by atoms with Crippen LogP contribution in [0.1, 0.15) is 11.1 Å². The van der Waals surface area contributed by atoms with Crippen LogP contribution in [-0.2, 0) is 13.1 Å².